The molecule has 0 spiro atoms. The Morgan fingerprint density at radius 3 is 2.52 bits per heavy atom. The molecule has 0 unspecified atom stereocenters. The van der Waals surface area contributed by atoms with Crippen LogP contribution in [0.4, 0.5) is 4.39 Å². The van der Waals surface area contributed by atoms with E-state index < -0.39 is 11.7 Å². The predicted octanol–water partition coefficient (Wildman–Crippen LogP) is 4.38. The molecule has 0 aliphatic heterocycles. The molecule has 2 aromatic rings. The molecule has 2 N–H and O–H groups in total. The van der Waals surface area contributed by atoms with E-state index in [1.54, 1.807) is 6.92 Å². The van der Waals surface area contributed by atoms with Crippen LogP contribution in [0.25, 0.3) is 0 Å². The molecule has 0 saturated carbocycles. The summed E-state index contributed by atoms with van der Waals surface area (Å²) in [5.74, 6) is -1.09. The van der Waals surface area contributed by atoms with Crippen molar-refractivity contribution in [2.45, 2.75) is 13.3 Å². The first kappa shape index (κ1) is 17.2. The number of benzene rings is 2. The second-order valence-electron chi connectivity index (χ2n) is 4.64. The van der Waals surface area contributed by atoms with Gasteiger partial charge in [0.2, 0.25) is 0 Å². The van der Waals surface area contributed by atoms with Crippen molar-refractivity contribution in [3.63, 3.8) is 0 Å². The second kappa shape index (κ2) is 7.44. The summed E-state index contributed by atoms with van der Waals surface area (Å²) in [4.78, 5) is 12.0. The molecule has 2 rings (SSSR count). The van der Waals surface area contributed by atoms with Crippen molar-refractivity contribution in [1.29, 1.82) is 0 Å². The second-order valence-corrected chi connectivity index (χ2v) is 5.49. The molecule has 120 valence electrons. The Balaban J connectivity index is 2.26. The van der Waals surface area contributed by atoms with Gasteiger partial charge in [-0.1, -0.05) is 30.1 Å². The van der Waals surface area contributed by atoms with E-state index in [1.807, 2.05) is 0 Å². The van der Waals surface area contributed by atoms with Crippen LogP contribution in [0.1, 0.15) is 29.3 Å². The SMILES string of the molecule is CC/C(=N\NC(=O)c1ccc(F)cc1)c1cc(Cl)cc(Cl)c1O. The molecule has 1 amide bonds. The van der Waals surface area contributed by atoms with E-state index in [1.165, 1.54) is 36.4 Å². The van der Waals surface area contributed by atoms with Gasteiger partial charge in [0, 0.05) is 16.1 Å². The molecule has 0 aliphatic rings. The molecule has 0 radical (unpaired) electrons. The lowest BCUT2D eigenvalue weighted by molar-refractivity contribution is 0.0954. The van der Waals surface area contributed by atoms with Crippen LogP contribution in [0.15, 0.2) is 41.5 Å². The van der Waals surface area contributed by atoms with Crippen molar-refractivity contribution < 1.29 is 14.3 Å². The van der Waals surface area contributed by atoms with Gasteiger partial charge in [0.1, 0.15) is 11.6 Å². The van der Waals surface area contributed by atoms with E-state index in [0.29, 0.717) is 22.7 Å². The van der Waals surface area contributed by atoms with Gasteiger partial charge >= 0.3 is 0 Å². The van der Waals surface area contributed by atoms with Crippen LogP contribution in [-0.4, -0.2) is 16.7 Å². The molecule has 2 aromatic carbocycles. The van der Waals surface area contributed by atoms with E-state index >= 15 is 0 Å². The van der Waals surface area contributed by atoms with Gasteiger partial charge in [-0.3, -0.25) is 4.79 Å². The Kier molecular flexibility index (Phi) is 5.58. The van der Waals surface area contributed by atoms with Crippen molar-refractivity contribution in [2.75, 3.05) is 0 Å². The number of carbonyl (C=O) groups excluding carboxylic acids is 1. The molecular weight excluding hydrogens is 342 g/mol. The van der Waals surface area contributed by atoms with Gasteiger partial charge in [0.05, 0.1) is 10.7 Å². The van der Waals surface area contributed by atoms with Gasteiger partial charge in [0.15, 0.2) is 0 Å². The Labute approximate surface area is 142 Å². The molecular formula is C16H13Cl2FN2O2. The molecule has 7 heteroatoms. The normalized spacial score (nSPS) is 11.4. The molecule has 0 aliphatic carbocycles. The lowest BCUT2D eigenvalue weighted by Gasteiger charge is -2.09. The summed E-state index contributed by atoms with van der Waals surface area (Å²) in [6, 6.07) is 7.98. The molecule has 4 nitrogen and oxygen atoms in total. The average Bonchev–Trinajstić information content (AvgIpc) is 2.52. The summed E-state index contributed by atoms with van der Waals surface area (Å²) < 4.78 is 12.8. The Bertz CT molecular complexity index is 761. The highest BCUT2D eigenvalue weighted by Gasteiger charge is 2.13. The molecule has 0 fully saturated rings. The number of nitrogens with zero attached hydrogens (tertiary/aromatic N) is 1. The van der Waals surface area contributed by atoms with Gasteiger partial charge in [0.25, 0.3) is 5.91 Å². The first-order valence-corrected chi connectivity index (χ1v) is 7.48. The summed E-state index contributed by atoms with van der Waals surface area (Å²) in [5.41, 5.74) is 3.37. The first-order chi connectivity index (χ1) is 10.9. The van der Waals surface area contributed by atoms with Gasteiger partial charge in [-0.15, -0.1) is 0 Å². The van der Waals surface area contributed by atoms with Crippen LogP contribution in [0, 0.1) is 5.82 Å². The van der Waals surface area contributed by atoms with Gasteiger partial charge in [-0.05, 0) is 42.8 Å². The van der Waals surface area contributed by atoms with Crippen molar-refractivity contribution in [3.05, 3.63) is 63.4 Å². The summed E-state index contributed by atoms with van der Waals surface area (Å²) in [5, 5.41) is 14.4. The fraction of sp³-hybridized carbons (Fsp3) is 0.125. The van der Waals surface area contributed by atoms with Gasteiger partial charge in [-0.25, -0.2) is 9.82 Å². The highest BCUT2D eigenvalue weighted by atomic mass is 35.5. The minimum absolute atomic E-state index is 0.0958. The van der Waals surface area contributed by atoms with Crippen LogP contribution < -0.4 is 5.43 Å². The summed E-state index contributed by atoms with van der Waals surface area (Å²) in [6.45, 7) is 1.80. The number of halogens is 3. The minimum Gasteiger partial charge on any atom is -0.506 e. The lowest BCUT2D eigenvalue weighted by Crippen LogP contribution is -2.20. The monoisotopic (exact) mass is 354 g/mol. The minimum atomic E-state index is -0.497. The molecule has 0 heterocycles. The number of aromatic hydroxyl groups is 1. The number of hydrogen-bond acceptors (Lipinski definition) is 3. The standard InChI is InChI=1S/C16H13Cl2FN2O2/c1-2-14(12-7-10(17)8-13(18)15(12)22)20-21-16(23)9-3-5-11(19)6-4-9/h3-8,22H,2H2,1H3,(H,21,23)/b20-14+. The third-order valence-corrected chi connectivity index (χ3v) is 3.58. The number of hydrazone groups is 1. The molecule has 0 saturated heterocycles. The van der Waals surface area contributed by atoms with E-state index in [9.17, 15) is 14.3 Å². The van der Waals surface area contributed by atoms with Crippen LogP contribution in [0.3, 0.4) is 0 Å². The van der Waals surface area contributed by atoms with Crippen LogP contribution in [-0.2, 0) is 0 Å². The van der Waals surface area contributed by atoms with Crippen LogP contribution in [0.2, 0.25) is 10.0 Å². The van der Waals surface area contributed by atoms with Crippen LogP contribution >= 0.6 is 23.2 Å². The number of carbonyl (C=O) groups is 1. The number of phenols is 1. The zero-order chi connectivity index (χ0) is 17.0. The number of hydrogen-bond donors (Lipinski definition) is 2. The zero-order valence-corrected chi connectivity index (χ0v) is 13.6. The van der Waals surface area contributed by atoms with Crippen molar-refractivity contribution in [1.82, 2.24) is 5.43 Å². The first-order valence-electron chi connectivity index (χ1n) is 6.73. The maximum atomic E-state index is 12.8. The topological polar surface area (TPSA) is 61.7 Å². The van der Waals surface area contributed by atoms with E-state index in [-0.39, 0.29) is 16.3 Å². The van der Waals surface area contributed by atoms with Crippen molar-refractivity contribution in [3.8, 4) is 5.75 Å². The summed E-state index contributed by atoms with van der Waals surface area (Å²) >= 11 is 11.8. The molecule has 0 bridgehead atoms. The number of rotatable bonds is 4. The molecule has 0 atom stereocenters. The third kappa shape index (κ3) is 4.21. The lowest BCUT2D eigenvalue weighted by atomic mass is 10.1. The maximum Gasteiger partial charge on any atom is 0.271 e. The number of amides is 1. The fourth-order valence-corrected chi connectivity index (χ4v) is 2.39. The smallest absolute Gasteiger partial charge is 0.271 e. The Morgan fingerprint density at radius 1 is 1.26 bits per heavy atom. The largest absolute Gasteiger partial charge is 0.506 e. The Morgan fingerprint density at radius 2 is 1.91 bits per heavy atom. The highest BCUT2D eigenvalue weighted by Crippen LogP contribution is 2.32. The Hall–Kier alpha value is -2.11. The van der Waals surface area contributed by atoms with Crippen molar-refractivity contribution in [2.24, 2.45) is 5.10 Å². The fourth-order valence-electron chi connectivity index (χ4n) is 1.90. The summed E-state index contributed by atoms with van der Waals surface area (Å²) in [6.07, 6.45) is 0.425. The molecule has 23 heavy (non-hydrogen) atoms. The average molecular weight is 355 g/mol. The highest BCUT2D eigenvalue weighted by molar-refractivity contribution is 6.36. The van der Waals surface area contributed by atoms with E-state index in [2.05, 4.69) is 10.5 Å². The van der Waals surface area contributed by atoms with E-state index in [0.717, 1.165) is 0 Å². The summed E-state index contributed by atoms with van der Waals surface area (Å²) in [7, 11) is 0. The maximum absolute atomic E-state index is 12.8. The third-order valence-electron chi connectivity index (χ3n) is 3.07. The molecule has 0 aromatic heterocycles. The van der Waals surface area contributed by atoms with Crippen molar-refractivity contribution >= 4 is 34.8 Å². The zero-order valence-electron chi connectivity index (χ0n) is 12.1. The quantitative estimate of drug-likeness (QED) is 0.632. The van der Waals surface area contributed by atoms with E-state index in [4.69, 9.17) is 23.2 Å². The van der Waals surface area contributed by atoms with Gasteiger partial charge in [-0.2, -0.15) is 5.10 Å². The number of phenolic OH excluding ortho intramolecular Hbond substituents is 1. The van der Waals surface area contributed by atoms with Gasteiger partial charge < -0.3 is 5.11 Å². The predicted molar refractivity (Wildman–Crippen MR) is 88.8 cm³/mol. The number of nitrogens with one attached hydrogen (secondary N) is 1. The van der Waals surface area contributed by atoms with Crippen LogP contribution in [0.5, 0.6) is 5.75 Å².